The van der Waals surface area contributed by atoms with Crippen molar-refractivity contribution in [3.8, 4) is 0 Å². The number of amides is 1. The summed E-state index contributed by atoms with van der Waals surface area (Å²) in [4.78, 5) is 20.2. The molecule has 0 spiro atoms. The van der Waals surface area contributed by atoms with Gasteiger partial charge in [-0.05, 0) is 80.4 Å². The molecular weight excluding hydrogens is 627 g/mol. The molecule has 1 unspecified atom stereocenters. The lowest BCUT2D eigenvalue weighted by molar-refractivity contribution is -0.143. The standard InChI is InChI=1S/C32H29Cl2F6N3O/c1-42(11-8-20-18-41-28-5-3-2-4-25(20)28)12-9-30(22-6-7-26(33)27(34)17-22)10-13-43(19-30)29(44)21-14-23(31(35,36)37)16-24(15-21)32(38,39)40/h2-7,14-18,41H,8-13,19H2,1H3. The third kappa shape index (κ3) is 6.87. The van der Waals surface area contributed by atoms with Crippen LogP contribution in [0, 0.1) is 0 Å². The summed E-state index contributed by atoms with van der Waals surface area (Å²) in [5.41, 5.74) is -1.32. The average molecular weight is 656 g/mol. The van der Waals surface area contributed by atoms with Gasteiger partial charge in [0.25, 0.3) is 5.91 Å². The Morgan fingerprint density at radius 3 is 2.27 bits per heavy atom. The summed E-state index contributed by atoms with van der Waals surface area (Å²) in [6, 6.07) is 14.2. The minimum atomic E-state index is -5.05. The largest absolute Gasteiger partial charge is 0.416 e. The predicted octanol–water partition coefficient (Wildman–Crippen LogP) is 8.86. The number of benzene rings is 3. The molecule has 1 N–H and O–H groups in total. The molecule has 234 valence electrons. The van der Waals surface area contributed by atoms with Crippen LogP contribution in [0.25, 0.3) is 10.9 Å². The second-order valence-corrected chi connectivity index (χ2v) is 12.2. The lowest BCUT2D eigenvalue weighted by Gasteiger charge is -2.32. The number of fused-ring (bicyclic) bond motifs is 1. The molecule has 0 saturated carbocycles. The van der Waals surface area contributed by atoms with Gasteiger partial charge < -0.3 is 14.8 Å². The molecule has 1 aliphatic heterocycles. The highest BCUT2D eigenvalue weighted by molar-refractivity contribution is 6.42. The monoisotopic (exact) mass is 655 g/mol. The van der Waals surface area contributed by atoms with E-state index in [1.54, 1.807) is 18.2 Å². The maximum atomic E-state index is 13.5. The van der Waals surface area contributed by atoms with Gasteiger partial charge in [-0.2, -0.15) is 26.3 Å². The summed E-state index contributed by atoms with van der Waals surface area (Å²) in [6.45, 7) is 1.60. The Balaban J connectivity index is 1.37. The van der Waals surface area contributed by atoms with Crippen LogP contribution in [0.2, 0.25) is 10.0 Å². The summed E-state index contributed by atoms with van der Waals surface area (Å²) in [6.07, 6.45) is -6.31. The molecule has 4 aromatic rings. The number of halogens is 8. The van der Waals surface area contributed by atoms with Crippen LogP contribution in [0.3, 0.4) is 0 Å². The van der Waals surface area contributed by atoms with Gasteiger partial charge in [0.15, 0.2) is 0 Å². The number of hydrogen-bond donors (Lipinski definition) is 1. The van der Waals surface area contributed by atoms with Crippen LogP contribution in [0.5, 0.6) is 0 Å². The highest BCUT2D eigenvalue weighted by Gasteiger charge is 2.43. The van der Waals surface area contributed by atoms with Gasteiger partial charge in [0.1, 0.15) is 0 Å². The third-order valence-electron chi connectivity index (χ3n) is 8.42. The number of alkyl halides is 6. The molecule has 12 heteroatoms. The van der Waals surface area contributed by atoms with E-state index in [0.29, 0.717) is 41.6 Å². The lowest BCUT2D eigenvalue weighted by atomic mass is 9.76. The Labute approximate surface area is 260 Å². The summed E-state index contributed by atoms with van der Waals surface area (Å²) >= 11 is 12.5. The summed E-state index contributed by atoms with van der Waals surface area (Å²) < 4.78 is 80.9. The molecule has 0 aliphatic carbocycles. The van der Waals surface area contributed by atoms with Crippen molar-refractivity contribution in [1.82, 2.24) is 14.8 Å². The van der Waals surface area contributed by atoms with E-state index >= 15 is 0 Å². The van der Waals surface area contributed by atoms with Crippen molar-refractivity contribution < 1.29 is 31.1 Å². The number of carbonyl (C=O) groups excluding carboxylic acids is 1. The lowest BCUT2D eigenvalue weighted by Crippen LogP contribution is -2.37. The van der Waals surface area contributed by atoms with E-state index in [4.69, 9.17) is 23.2 Å². The number of para-hydroxylation sites is 1. The zero-order chi connectivity index (χ0) is 31.9. The number of aromatic amines is 1. The molecule has 0 radical (unpaired) electrons. The number of likely N-dealkylation sites (tertiary alicyclic amines) is 1. The fourth-order valence-electron chi connectivity index (χ4n) is 5.88. The van der Waals surface area contributed by atoms with Crippen LogP contribution in [0.4, 0.5) is 26.3 Å². The number of nitrogens with zero attached hydrogens (tertiary/aromatic N) is 2. The minimum absolute atomic E-state index is 0.0207. The normalized spacial score (nSPS) is 17.6. The molecule has 1 aliphatic rings. The first-order valence-electron chi connectivity index (χ1n) is 13.9. The zero-order valence-electron chi connectivity index (χ0n) is 23.6. The van der Waals surface area contributed by atoms with Gasteiger partial charge in [-0.15, -0.1) is 0 Å². The predicted molar refractivity (Wildman–Crippen MR) is 159 cm³/mol. The van der Waals surface area contributed by atoms with Crippen molar-refractivity contribution in [3.63, 3.8) is 0 Å². The Hall–Kier alpha value is -3.21. The number of nitrogens with one attached hydrogen (secondary N) is 1. The fourth-order valence-corrected chi connectivity index (χ4v) is 6.18. The molecule has 1 saturated heterocycles. The van der Waals surface area contributed by atoms with Gasteiger partial charge in [0.2, 0.25) is 0 Å². The van der Waals surface area contributed by atoms with Crippen LogP contribution in [0.1, 0.15) is 45.5 Å². The van der Waals surface area contributed by atoms with E-state index in [0.717, 1.165) is 29.4 Å². The summed E-state index contributed by atoms with van der Waals surface area (Å²) in [5.74, 6) is -0.892. The molecule has 44 heavy (non-hydrogen) atoms. The molecular formula is C32H29Cl2F6N3O. The third-order valence-corrected chi connectivity index (χ3v) is 9.16. The number of hydrogen-bond acceptors (Lipinski definition) is 2. The molecule has 1 fully saturated rings. The van der Waals surface area contributed by atoms with Crippen molar-refractivity contribution in [3.05, 3.63) is 105 Å². The quantitative estimate of drug-likeness (QED) is 0.193. The smallest absolute Gasteiger partial charge is 0.361 e. The molecule has 1 aromatic heterocycles. The SMILES string of the molecule is CN(CCc1c[nH]c2ccccc12)CCC1(c2ccc(Cl)c(Cl)c2)CCN(C(=O)c2cc(C(F)(F)F)cc(C(F)(F)F)c2)C1. The van der Waals surface area contributed by atoms with Gasteiger partial charge in [-0.1, -0.05) is 47.5 Å². The maximum Gasteiger partial charge on any atom is 0.416 e. The molecule has 2 heterocycles. The second kappa shape index (κ2) is 12.3. The van der Waals surface area contributed by atoms with Crippen LogP contribution >= 0.6 is 23.2 Å². The maximum absolute atomic E-state index is 13.5. The number of likely N-dealkylation sites (N-methyl/N-ethyl adjacent to an activating group) is 1. The summed E-state index contributed by atoms with van der Waals surface area (Å²) in [5, 5.41) is 1.81. The number of carbonyl (C=O) groups is 1. The first kappa shape index (κ1) is 32.2. The van der Waals surface area contributed by atoms with Gasteiger partial charge >= 0.3 is 12.4 Å². The van der Waals surface area contributed by atoms with Crippen LogP contribution in [-0.2, 0) is 24.2 Å². The van der Waals surface area contributed by atoms with E-state index in [2.05, 4.69) is 16.0 Å². The summed E-state index contributed by atoms with van der Waals surface area (Å²) in [7, 11) is 1.98. The van der Waals surface area contributed by atoms with Crippen LogP contribution < -0.4 is 0 Å². The van der Waals surface area contributed by atoms with E-state index in [-0.39, 0.29) is 19.2 Å². The van der Waals surface area contributed by atoms with Gasteiger partial charge in [0.05, 0.1) is 21.2 Å². The molecule has 1 amide bonds. The van der Waals surface area contributed by atoms with Crippen LogP contribution in [-0.4, -0.2) is 53.9 Å². The van der Waals surface area contributed by atoms with Gasteiger partial charge in [-0.25, -0.2) is 0 Å². The topological polar surface area (TPSA) is 39.3 Å². The first-order chi connectivity index (χ1) is 20.7. The highest BCUT2D eigenvalue weighted by atomic mass is 35.5. The molecule has 5 rings (SSSR count). The van der Waals surface area contributed by atoms with Crippen molar-refractivity contribution in [1.29, 1.82) is 0 Å². The number of rotatable bonds is 8. The Kier molecular flexibility index (Phi) is 8.99. The molecule has 3 aromatic carbocycles. The van der Waals surface area contributed by atoms with Crippen molar-refractivity contribution in [2.24, 2.45) is 0 Å². The zero-order valence-corrected chi connectivity index (χ0v) is 25.1. The molecule has 4 nitrogen and oxygen atoms in total. The number of H-pyrrole nitrogens is 1. The van der Waals surface area contributed by atoms with Gasteiger partial charge in [0, 0.05) is 47.7 Å². The highest BCUT2D eigenvalue weighted by Crippen LogP contribution is 2.42. The van der Waals surface area contributed by atoms with E-state index in [1.165, 1.54) is 10.5 Å². The molecule has 1 atom stereocenters. The van der Waals surface area contributed by atoms with E-state index in [1.807, 2.05) is 31.4 Å². The molecule has 0 bridgehead atoms. The van der Waals surface area contributed by atoms with E-state index in [9.17, 15) is 31.1 Å². The average Bonchev–Trinajstić information content (AvgIpc) is 3.60. The number of aromatic nitrogens is 1. The van der Waals surface area contributed by atoms with Crippen molar-refractivity contribution >= 4 is 40.0 Å². The van der Waals surface area contributed by atoms with Crippen molar-refractivity contribution in [2.45, 2.75) is 37.0 Å². The Morgan fingerprint density at radius 2 is 1.61 bits per heavy atom. The van der Waals surface area contributed by atoms with Crippen LogP contribution in [0.15, 0.2) is 66.9 Å². The van der Waals surface area contributed by atoms with E-state index < -0.39 is 40.4 Å². The first-order valence-corrected chi connectivity index (χ1v) is 14.7. The Morgan fingerprint density at radius 1 is 0.932 bits per heavy atom. The van der Waals surface area contributed by atoms with Crippen molar-refractivity contribution in [2.75, 3.05) is 33.2 Å². The minimum Gasteiger partial charge on any atom is -0.361 e. The fraction of sp³-hybridized carbons (Fsp3) is 0.344. The Bertz CT molecular complexity index is 1640. The van der Waals surface area contributed by atoms with Gasteiger partial charge in [-0.3, -0.25) is 4.79 Å². The second-order valence-electron chi connectivity index (χ2n) is 11.3.